The number of rotatable bonds is 10. The van der Waals surface area contributed by atoms with Gasteiger partial charge in [-0.25, -0.2) is 9.78 Å². The first-order valence-electron chi connectivity index (χ1n) is 11.8. The van der Waals surface area contributed by atoms with Crippen molar-refractivity contribution in [1.29, 1.82) is 0 Å². The highest BCUT2D eigenvalue weighted by atomic mass is 35.5. The van der Waals surface area contributed by atoms with E-state index in [9.17, 15) is 14.7 Å². The Balaban J connectivity index is 1.27. The third-order valence-corrected chi connectivity index (χ3v) is 6.61. The molecule has 9 heteroatoms. The maximum atomic E-state index is 12.6. The van der Waals surface area contributed by atoms with E-state index >= 15 is 0 Å². The van der Waals surface area contributed by atoms with Crippen LogP contribution in [0, 0.1) is 0 Å². The summed E-state index contributed by atoms with van der Waals surface area (Å²) in [7, 11) is 0. The van der Waals surface area contributed by atoms with Crippen LogP contribution in [-0.4, -0.2) is 41.2 Å². The number of anilines is 1. The minimum atomic E-state index is -1.15. The third-order valence-electron chi connectivity index (χ3n) is 5.98. The van der Waals surface area contributed by atoms with Crippen LogP contribution in [0.25, 0.3) is 0 Å². The van der Waals surface area contributed by atoms with Crippen molar-refractivity contribution in [3.63, 3.8) is 0 Å². The molecule has 0 bridgehead atoms. The van der Waals surface area contributed by atoms with Crippen molar-refractivity contribution in [3.05, 3.63) is 92.6 Å². The summed E-state index contributed by atoms with van der Waals surface area (Å²) in [4.78, 5) is 29.0. The lowest BCUT2D eigenvalue weighted by molar-refractivity contribution is -0.139. The van der Waals surface area contributed by atoms with Gasteiger partial charge in [-0.1, -0.05) is 59.6 Å². The normalized spacial score (nSPS) is 13.4. The number of carbonyl (C=O) groups is 2. The van der Waals surface area contributed by atoms with Crippen molar-refractivity contribution in [1.82, 2.24) is 10.3 Å². The van der Waals surface area contributed by atoms with Crippen molar-refractivity contribution in [2.75, 3.05) is 18.5 Å². The molecule has 0 spiro atoms. The molecule has 0 saturated heterocycles. The van der Waals surface area contributed by atoms with Crippen LogP contribution in [0.2, 0.25) is 10.0 Å². The number of amides is 1. The van der Waals surface area contributed by atoms with Crippen molar-refractivity contribution in [2.24, 2.45) is 0 Å². The van der Waals surface area contributed by atoms with Gasteiger partial charge in [-0.3, -0.25) is 4.79 Å². The minimum Gasteiger partial charge on any atom is -0.480 e. The second-order valence-electron chi connectivity index (χ2n) is 8.62. The van der Waals surface area contributed by atoms with Gasteiger partial charge < -0.3 is 20.5 Å². The van der Waals surface area contributed by atoms with E-state index in [1.807, 2.05) is 24.3 Å². The first kappa shape index (κ1) is 25.9. The molecule has 0 aliphatic carbocycles. The Morgan fingerprint density at radius 3 is 2.50 bits per heavy atom. The summed E-state index contributed by atoms with van der Waals surface area (Å²) >= 11 is 12.1. The van der Waals surface area contributed by atoms with Gasteiger partial charge in [0.05, 0.1) is 28.8 Å². The van der Waals surface area contributed by atoms with Gasteiger partial charge in [0, 0.05) is 25.1 Å². The monoisotopic (exact) mass is 527 g/mol. The third kappa shape index (κ3) is 6.75. The number of halogens is 2. The van der Waals surface area contributed by atoms with E-state index in [1.54, 1.807) is 6.07 Å². The van der Waals surface area contributed by atoms with Crippen molar-refractivity contribution < 1.29 is 19.4 Å². The topological polar surface area (TPSA) is 101 Å². The minimum absolute atomic E-state index is 0.0569. The number of fused-ring (bicyclic) bond motifs is 1. The number of ether oxygens (including phenoxy) is 1. The predicted molar refractivity (Wildman–Crippen MR) is 140 cm³/mol. The van der Waals surface area contributed by atoms with Gasteiger partial charge in [0.2, 0.25) is 0 Å². The zero-order valence-electron chi connectivity index (χ0n) is 19.6. The van der Waals surface area contributed by atoms with Gasteiger partial charge >= 0.3 is 5.97 Å². The van der Waals surface area contributed by atoms with Gasteiger partial charge in [0.15, 0.2) is 0 Å². The summed E-state index contributed by atoms with van der Waals surface area (Å²) in [6, 6.07) is 15.2. The molecule has 3 N–H and O–H groups in total. The highest BCUT2D eigenvalue weighted by Gasteiger charge is 2.23. The average molecular weight is 528 g/mol. The molecule has 1 atom stereocenters. The number of hydrogen-bond donors (Lipinski definition) is 3. The number of nitrogens with zero attached hydrogens (tertiary/aromatic N) is 1. The van der Waals surface area contributed by atoms with E-state index in [2.05, 4.69) is 27.8 Å². The van der Waals surface area contributed by atoms with Crippen LogP contribution in [-0.2, 0) is 35.4 Å². The van der Waals surface area contributed by atoms with Crippen molar-refractivity contribution >= 4 is 40.9 Å². The van der Waals surface area contributed by atoms with Crippen LogP contribution in [0.15, 0.2) is 54.6 Å². The zero-order chi connectivity index (χ0) is 25.5. The second kappa shape index (κ2) is 12.2. The number of hydrogen-bond acceptors (Lipinski definition) is 5. The largest absolute Gasteiger partial charge is 0.480 e. The molecule has 7 nitrogen and oxygen atoms in total. The predicted octanol–water partition coefficient (Wildman–Crippen LogP) is 4.93. The molecule has 1 aliphatic heterocycles. The molecule has 0 fully saturated rings. The summed E-state index contributed by atoms with van der Waals surface area (Å²) < 4.78 is 5.81. The highest BCUT2D eigenvalue weighted by molar-refractivity contribution is 6.39. The van der Waals surface area contributed by atoms with Crippen LogP contribution in [0.4, 0.5) is 5.82 Å². The molecule has 4 rings (SSSR count). The van der Waals surface area contributed by atoms with E-state index in [1.165, 1.54) is 17.7 Å². The van der Waals surface area contributed by atoms with E-state index in [0.29, 0.717) is 13.2 Å². The van der Waals surface area contributed by atoms with E-state index in [-0.39, 0.29) is 22.0 Å². The van der Waals surface area contributed by atoms with Crippen molar-refractivity contribution in [2.45, 2.75) is 38.3 Å². The SMILES string of the molecule is O=C(NC(Cc1ccc(COCCc2ccc3c(n2)NCCC3)cc1)C(=O)O)c1c(Cl)cccc1Cl. The Hall–Kier alpha value is -3.13. The Kier molecular flexibility index (Phi) is 8.80. The number of pyridine rings is 1. The number of aromatic nitrogens is 1. The van der Waals surface area contributed by atoms with Crippen LogP contribution < -0.4 is 10.6 Å². The fraction of sp³-hybridized carbons (Fsp3) is 0.296. The maximum Gasteiger partial charge on any atom is 0.326 e. The summed E-state index contributed by atoms with van der Waals surface area (Å²) in [5.74, 6) is -0.794. The van der Waals surface area contributed by atoms with Crippen LogP contribution in [0.5, 0.6) is 0 Å². The number of aryl methyl sites for hydroxylation is 1. The Morgan fingerprint density at radius 1 is 1.06 bits per heavy atom. The Morgan fingerprint density at radius 2 is 1.78 bits per heavy atom. The average Bonchev–Trinajstić information content (AvgIpc) is 2.87. The molecule has 1 aliphatic rings. The fourth-order valence-corrected chi connectivity index (χ4v) is 4.60. The summed E-state index contributed by atoms with van der Waals surface area (Å²) in [6.07, 6.45) is 3.04. The van der Waals surface area contributed by atoms with Crippen LogP contribution in [0.3, 0.4) is 0 Å². The summed E-state index contributed by atoms with van der Waals surface area (Å²) in [5.41, 5.74) is 4.06. The maximum absolute atomic E-state index is 12.6. The Bertz CT molecular complexity index is 1210. The van der Waals surface area contributed by atoms with Gasteiger partial charge in [-0.05, 0) is 47.7 Å². The molecular formula is C27H27Cl2N3O4. The number of aliphatic carboxylic acids is 1. The van der Waals surface area contributed by atoms with Gasteiger partial charge in [0.1, 0.15) is 11.9 Å². The number of carboxylic acid groups (broad SMARTS) is 1. The van der Waals surface area contributed by atoms with E-state index < -0.39 is 17.9 Å². The Labute approximate surface area is 219 Å². The molecule has 188 valence electrons. The molecule has 2 aromatic carbocycles. The molecular weight excluding hydrogens is 501 g/mol. The molecule has 36 heavy (non-hydrogen) atoms. The molecule has 1 unspecified atom stereocenters. The lowest BCUT2D eigenvalue weighted by Crippen LogP contribution is -2.42. The van der Waals surface area contributed by atoms with Gasteiger partial charge in [0.25, 0.3) is 5.91 Å². The number of nitrogens with one attached hydrogen (secondary N) is 2. The van der Waals surface area contributed by atoms with Gasteiger partial charge in [-0.2, -0.15) is 0 Å². The van der Waals surface area contributed by atoms with E-state index in [4.69, 9.17) is 27.9 Å². The molecule has 1 aromatic heterocycles. The fourth-order valence-electron chi connectivity index (χ4n) is 4.03. The lowest BCUT2D eigenvalue weighted by Gasteiger charge is -2.17. The highest BCUT2D eigenvalue weighted by Crippen LogP contribution is 2.24. The second-order valence-corrected chi connectivity index (χ2v) is 9.44. The zero-order valence-corrected chi connectivity index (χ0v) is 21.1. The number of carboxylic acids is 1. The first-order valence-corrected chi connectivity index (χ1v) is 12.5. The number of carbonyl (C=O) groups excluding carboxylic acids is 1. The van der Waals surface area contributed by atoms with Crippen LogP contribution in [0.1, 0.15) is 39.2 Å². The molecule has 2 heterocycles. The molecule has 0 saturated carbocycles. The van der Waals surface area contributed by atoms with Crippen LogP contribution >= 0.6 is 23.2 Å². The number of benzene rings is 2. The quantitative estimate of drug-likeness (QED) is 0.323. The molecule has 0 radical (unpaired) electrons. The summed E-state index contributed by atoms with van der Waals surface area (Å²) in [5, 5.41) is 15.8. The first-order chi connectivity index (χ1) is 17.4. The standard InChI is InChI=1S/C27H27Cl2N3O4/c28-21-4-1-5-22(29)24(21)26(33)32-23(27(34)35)15-17-6-8-18(9-7-17)16-36-14-12-20-11-10-19-3-2-13-30-25(19)31-20/h1,4-11,23H,2-3,12-16H2,(H,30,31)(H,32,33)(H,34,35). The summed E-state index contributed by atoms with van der Waals surface area (Å²) in [6.45, 7) is 1.95. The molecule has 3 aromatic rings. The smallest absolute Gasteiger partial charge is 0.326 e. The lowest BCUT2D eigenvalue weighted by atomic mass is 10.0. The van der Waals surface area contributed by atoms with E-state index in [0.717, 1.165) is 48.4 Å². The molecule has 1 amide bonds. The van der Waals surface area contributed by atoms with Gasteiger partial charge in [-0.15, -0.1) is 0 Å². The van der Waals surface area contributed by atoms with Crippen molar-refractivity contribution in [3.8, 4) is 0 Å².